The molecule has 0 radical (unpaired) electrons. The molecule has 0 saturated carbocycles. The number of hydrogen-bond donors (Lipinski definition) is 4. The van der Waals surface area contributed by atoms with Crippen molar-refractivity contribution < 1.29 is 8.78 Å². The number of nitrogens with one attached hydrogen (secondary N) is 4. The zero-order valence-electron chi connectivity index (χ0n) is 19.6. The number of imidazole rings is 2. The molecule has 7 rings (SSSR count). The van der Waals surface area contributed by atoms with Gasteiger partial charge in [-0.25, -0.2) is 18.7 Å². The minimum Gasteiger partial charge on any atom is -0.341 e. The lowest BCUT2D eigenvalue weighted by molar-refractivity contribution is 0.0208. The van der Waals surface area contributed by atoms with Crippen molar-refractivity contribution in [1.29, 1.82) is 0 Å². The Morgan fingerprint density at radius 1 is 0.833 bits per heavy atom. The van der Waals surface area contributed by atoms with Gasteiger partial charge in [-0.1, -0.05) is 42.5 Å². The third-order valence-corrected chi connectivity index (χ3v) is 7.44. The van der Waals surface area contributed by atoms with Crippen molar-refractivity contribution in [2.45, 2.75) is 37.3 Å². The van der Waals surface area contributed by atoms with Crippen LogP contribution in [0.4, 0.5) is 8.78 Å². The van der Waals surface area contributed by atoms with Gasteiger partial charge in [-0.15, -0.1) is 0 Å². The van der Waals surface area contributed by atoms with Gasteiger partial charge < -0.3 is 20.6 Å². The summed E-state index contributed by atoms with van der Waals surface area (Å²) in [6.45, 7) is 0.738. The van der Waals surface area contributed by atoms with Crippen LogP contribution in [0.3, 0.4) is 0 Å². The smallest absolute Gasteiger partial charge is 0.262 e. The average Bonchev–Trinajstić information content (AvgIpc) is 3.69. The molecule has 4 N–H and O–H groups in total. The van der Waals surface area contributed by atoms with Crippen LogP contribution >= 0.6 is 0 Å². The molecule has 0 aliphatic carbocycles. The van der Waals surface area contributed by atoms with Crippen LogP contribution in [0.5, 0.6) is 0 Å². The van der Waals surface area contributed by atoms with Crippen molar-refractivity contribution in [2.24, 2.45) is 0 Å². The molecule has 2 aliphatic rings. The van der Waals surface area contributed by atoms with E-state index in [1.165, 1.54) is 6.42 Å². The molecule has 2 fully saturated rings. The van der Waals surface area contributed by atoms with Crippen molar-refractivity contribution >= 4 is 21.8 Å². The highest BCUT2D eigenvalue weighted by molar-refractivity contribution is 6.05. The summed E-state index contributed by atoms with van der Waals surface area (Å²) < 4.78 is 27.1. The molecule has 8 heteroatoms. The maximum atomic E-state index is 13.5. The van der Waals surface area contributed by atoms with Gasteiger partial charge >= 0.3 is 0 Å². The number of aromatic nitrogens is 4. The van der Waals surface area contributed by atoms with Crippen LogP contribution < -0.4 is 10.6 Å². The lowest BCUT2D eigenvalue weighted by Gasteiger charge is -2.07. The fourth-order valence-electron chi connectivity index (χ4n) is 5.50. The fraction of sp³-hybridized carbons (Fsp3) is 0.286. The molecule has 3 aromatic carbocycles. The van der Waals surface area contributed by atoms with Crippen LogP contribution in [0.1, 0.15) is 43.0 Å². The summed E-state index contributed by atoms with van der Waals surface area (Å²) in [7, 11) is 0. The van der Waals surface area contributed by atoms with Gasteiger partial charge in [-0.05, 0) is 53.6 Å². The molecule has 0 amide bonds. The van der Waals surface area contributed by atoms with Crippen LogP contribution in [0, 0.1) is 0 Å². The molecule has 5 aromatic rings. The molecule has 1 unspecified atom stereocenters. The Morgan fingerprint density at radius 3 is 2.44 bits per heavy atom. The number of nitrogens with zero attached hydrogens (tertiary/aromatic N) is 2. The second kappa shape index (κ2) is 8.21. The summed E-state index contributed by atoms with van der Waals surface area (Å²) in [5.74, 6) is -1.11. The molecule has 36 heavy (non-hydrogen) atoms. The third-order valence-electron chi connectivity index (χ3n) is 7.44. The van der Waals surface area contributed by atoms with Crippen molar-refractivity contribution in [1.82, 2.24) is 30.6 Å². The van der Waals surface area contributed by atoms with Gasteiger partial charge in [0.1, 0.15) is 11.6 Å². The Hall–Kier alpha value is -3.62. The normalized spacial score (nSPS) is 21.6. The molecule has 6 nitrogen and oxygen atoms in total. The van der Waals surface area contributed by atoms with Crippen LogP contribution in [0.25, 0.3) is 44.2 Å². The standard InChI is InChI=1S/C28H26F2N6/c29-28(30)13-23(33-15-28)26-32-14-24(35-26)17-5-3-16(4-6-17)18-7-9-20-19(12-18)8-10-21-25(20)36-27(34-21)22-2-1-11-31-22/h3-10,12,14,22-23,31,33H,1-2,11,13,15H2,(H,32,35)(H,34,36)/t22?,23-/m0/s1. The molecule has 2 aromatic heterocycles. The number of rotatable bonds is 4. The Kier molecular flexibility index (Phi) is 4.94. The first-order valence-electron chi connectivity index (χ1n) is 12.5. The number of fused-ring (bicyclic) bond motifs is 3. The van der Waals surface area contributed by atoms with Gasteiger partial charge in [0.2, 0.25) is 0 Å². The third kappa shape index (κ3) is 3.77. The summed E-state index contributed by atoms with van der Waals surface area (Å²) in [6, 6.07) is 18.8. The van der Waals surface area contributed by atoms with Crippen molar-refractivity contribution in [3.05, 3.63) is 72.4 Å². The van der Waals surface area contributed by atoms with E-state index in [-0.39, 0.29) is 13.0 Å². The van der Waals surface area contributed by atoms with E-state index in [1.807, 2.05) is 12.1 Å². The number of aromatic amines is 2. The number of benzene rings is 3. The van der Waals surface area contributed by atoms with Crippen LogP contribution in [-0.4, -0.2) is 38.9 Å². The van der Waals surface area contributed by atoms with Crippen molar-refractivity contribution in [2.75, 3.05) is 13.1 Å². The first-order chi connectivity index (χ1) is 17.5. The van der Waals surface area contributed by atoms with Gasteiger partial charge in [0.05, 0.1) is 41.6 Å². The van der Waals surface area contributed by atoms with E-state index < -0.39 is 12.0 Å². The Labute approximate surface area is 206 Å². The molecule has 0 bridgehead atoms. The first-order valence-corrected chi connectivity index (χ1v) is 12.5. The first kappa shape index (κ1) is 21.6. The second-order valence-electron chi connectivity index (χ2n) is 9.92. The van der Waals surface area contributed by atoms with Crippen molar-refractivity contribution in [3.8, 4) is 22.4 Å². The Bertz CT molecular complexity index is 1560. The second-order valence-corrected chi connectivity index (χ2v) is 9.92. The average molecular weight is 485 g/mol. The van der Waals surface area contributed by atoms with Gasteiger partial charge in [-0.2, -0.15) is 0 Å². The summed E-state index contributed by atoms with van der Waals surface area (Å²) in [4.78, 5) is 16.0. The largest absolute Gasteiger partial charge is 0.341 e. The number of alkyl halides is 2. The van der Waals surface area contributed by atoms with Crippen LogP contribution in [0.2, 0.25) is 0 Å². The minimum absolute atomic E-state index is 0.232. The highest BCUT2D eigenvalue weighted by atomic mass is 19.3. The van der Waals surface area contributed by atoms with Crippen LogP contribution in [-0.2, 0) is 0 Å². The van der Waals surface area contributed by atoms with E-state index in [2.05, 4.69) is 68.1 Å². The van der Waals surface area contributed by atoms with E-state index in [0.717, 1.165) is 63.0 Å². The Balaban J connectivity index is 1.15. The summed E-state index contributed by atoms with van der Waals surface area (Å²) in [5.41, 5.74) is 6.11. The molecule has 0 spiro atoms. The van der Waals surface area contributed by atoms with Crippen molar-refractivity contribution in [3.63, 3.8) is 0 Å². The molecule has 4 heterocycles. The predicted octanol–water partition coefficient (Wildman–Crippen LogP) is 5.87. The lowest BCUT2D eigenvalue weighted by Crippen LogP contribution is -2.19. The summed E-state index contributed by atoms with van der Waals surface area (Å²) in [6.07, 6.45) is 3.78. The predicted molar refractivity (Wildman–Crippen MR) is 137 cm³/mol. The number of hydrogen-bond acceptors (Lipinski definition) is 4. The maximum Gasteiger partial charge on any atom is 0.262 e. The van der Waals surface area contributed by atoms with E-state index in [9.17, 15) is 8.78 Å². The quantitative estimate of drug-likeness (QED) is 0.257. The van der Waals surface area contributed by atoms with Gasteiger partial charge in [0.25, 0.3) is 5.92 Å². The highest BCUT2D eigenvalue weighted by Gasteiger charge is 2.40. The monoisotopic (exact) mass is 484 g/mol. The van der Waals surface area contributed by atoms with Crippen LogP contribution in [0.15, 0.2) is 60.8 Å². The Morgan fingerprint density at radius 2 is 1.67 bits per heavy atom. The minimum atomic E-state index is -2.68. The molecule has 182 valence electrons. The number of halogens is 2. The molecule has 2 saturated heterocycles. The van der Waals surface area contributed by atoms with E-state index in [0.29, 0.717) is 11.9 Å². The maximum absolute atomic E-state index is 13.5. The fourth-order valence-corrected chi connectivity index (χ4v) is 5.50. The van der Waals surface area contributed by atoms with E-state index in [1.54, 1.807) is 6.20 Å². The molecular formula is C28H26F2N6. The van der Waals surface area contributed by atoms with E-state index in [4.69, 9.17) is 4.98 Å². The summed E-state index contributed by atoms with van der Waals surface area (Å²) in [5, 5.41) is 8.66. The molecule has 2 aliphatic heterocycles. The zero-order valence-corrected chi connectivity index (χ0v) is 19.6. The molecule has 2 atom stereocenters. The number of H-pyrrole nitrogens is 2. The highest BCUT2D eigenvalue weighted by Crippen LogP contribution is 2.34. The SMILES string of the molecule is FC1(F)CN[C@H](c2ncc(-c3ccc(-c4ccc5c(ccc6[nH]c(C7CCCN7)nc65)c4)cc3)[nH]2)C1. The van der Waals surface area contributed by atoms with Gasteiger partial charge in [-0.3, -0.25) is 0 Å². The molecular weight excluding hydrogens is 458 g/mol. The lowest BCUT2D eigenvalue weighted by atomic mass is 9.99. The van der Waals surface area contributed by atoms with Gasteiger partial charge in [0.15, 0.2) is 0 Å². The van der Waals surface area contributed by atoms with Gasteiger partial charge in [0, 0.05) is 11.8 Å². The topological polar surface area (TPSA) is 81.4 Å². The van der Waals surface area contributed by atoms with E-state index >= 15 is 0 Å². The summed E-state index contributed by atoms with van der Waals surface area (Å²) >= 11 is 0. The zero-order chi connectivity index (χ0) is 24.3.